The van der Waals surface area contributed by atoms with Crippen molar-refractivity contribution in [1.29, 1.82) is 0 Å². The highest BCUT2D eigenvalue weighted by Gasteiger charge is 2.19. The van der Waals surface area contributed by atoms with Crippen molar-refractivity contribution in [1.82, 2.24) is 0 Å². The molecule has 1 heterocycles. The Hall–Kier alpha value is -0.860. The highest BCUT2D eigenvalue weighted by molar-refractivity contribution is 5.34. The molecule has 1 fully saturated rings. The minimum absolute atomic E-state index is 0.265. The van der Waals surface area contributed by atoms with Crippen molar-refractivity contribution >= 4 is 0 Å². The molecule has 0 saturated carbocycles. The van der Waals surface area contributed by atoms with Crippen LogP contribution in [0, 0.1) is 19.8 Å². The summed E-state index contributed by atoms with van der Waals surface area (Å²) < 4.78 is 5.40. The number of benzene rings is 1. The van der Waals surface area contributed by atoms with E-state index in [0.717, 1.165) is 26.1 Å². The topological polar surface area (TPSA) is 35.2 Å². The van der Waals surface area contributed by atoms with Gasteiger partial charge in [-0.05, 0) is 55.7 Å². The smallest absolute Gasteiger partial charge is 0.0495 e. The second-order valence-electron chi connectivity index (χ2n) is 5.30. The Labute approximate surface area is 104 Å². The molecule has 0 aliphatic carbocycles. The second-order valence-corrected chi connectivity index (χ2v) is 5.30. The minimum Gasteiger partial charge on any atom is -0.381 e. The van der Waals surface area contributed by atoms with Gasteiger partial charge in [0, 0.05) is 19.3 Å². The Balaban J connectivity index is 1.95. The first-order chi connectivity index (χ1) is 8.16. The first kappa shape index (κ1) is 12.6. The molecule has 1 aliphatic rings. The lowest BCUT2D eigenvalue weighted by molar-refractivity contribution is 0.182. The molecule has 1 aliphatic heterocycles. The van der Waals surface area contributed by atoms with Crippen LogP contribution in [0.25, 0.3) is 0 Å². The van der Waals surface area contributed by atoms with Gasteiger partial charge in [0.25, 0.3) is 0 Å². The molecule has 1 aromatic rings. The van der Waals surface area contributed by atoms with Gasteiger partial charge in [-0.25, -0.2) is 0 Å². The summed E-state index contributed by atoms with van der Waals surface area (Å²) in [5.41, 5.74) is 10.4. The maximum absolute atomic E-state index is 6.27. The molecule has 0 aromatic heterocycles. The quantitative estimate of drug-likeness (QED) is 0.867. The molecule has 2 heteroatoms. The monoisotopic (exact) mass is 233 g/mol. The summed E-state index contributed by atoms with van der Waals surface area (Å²) in [6.45, 7) is 6.17. The Morgan fingerprint density at radius 1 is 1.35 bits per heavy atom. The van der Waals surface area contributed by atoms with E-state index in [9.17, 15) is 0 Å². The van der Waals surface area contributed by atoms with E-state index in [-0.39, 0.29) is 6.04 Å². The molecular weight excluding hydrogens is 210 g/mol. The molecule has 2 rings (SSSR count). The molecule has 1 saturated heterocycles. The lowest BCUT2D eigenvalue weighted by Gasteiger charge is -2.18. The maximum atomic E-state index is 6.27. The van der Waals surface area contributed by atoms with Gasteiger partial charge in [-0.1, -0.05) is 18.2 Å². The van der Waals surface area contributed by atoms with Gasteiger partial charge in [0.2, 0.25) is 0 Å². The highest BCUT2D eigenvalue weighted by Crippen LogP contribution is 2.21. The van der Waals surface area contributed by atoms with Crippen LogP contribution in [0.5, 0.6) is 0 Å². The molecule has 0 spiro atoms. The van der Waals surface area contributed by atoms with Crippen LogP contribution in [0.3, 0.4) is 0 Å². The van der Waals surface area contributed by atoms with Crippen molar-refractivity contribution in [3.05, 3.63) is 34.9 Å². The van der Waals surface area contributed by atoms with Gasteiger partial charge in [0.15, 0.2) is 0 Å². The van der Waals surface area contributed by atoms with E-state index in [1.165, 1.54) is 23.1 Å². The van der Waals surface area contributed by atoms with E-state index in [4.69, 9.17) is 10.5 Å². The largest absolute Gasteiger partial charge is 0.381 e. The number of hydrogen-bond donors (Lipinski definition) is 1. The molecule has 17 heavy (non-hydrogen) atoms. The number of aryl methyl sites for hydroxylation is 2. The highest BCUT2D eigenvalue weighted by atomic mass is 16.5. The Morgan fingerprint density at radius 2 is 2.06 bits per heavy atom. The van der Waals surface area contributed by atoms with Crippen molar-refractivity contribution in [2.75, 3.05) is 13.2 Å². The Kier molecular flexibility index (Phi) is 4.19. The van der Waals surface area contributed by atoms with Crippen molar-refractivity contribution in [2.24, 2.45) is 11.7 Å². The predicted octanol–water partition coefficient (Wildman–Crippen LogP) is 2.60. The Bertz CT molecular complexity index is 349. The van der Waals surface area contributed by atoms with Gasteiger partial charge in [0.05, 0.1) is 0 Å². The van der Waals surface area contributed by atoms with Gasteiger partial charge < -0.3 is 10.5 Å². The molecule has 0 radical (unpaired) electrons. The molecule has 2 unspecified atom stereocenters. The fourth-order valence-corrected chi connectivity index (χ4v) is 2.71. The third kappa shape index (κ3) is 3.30. The van der Waals surface area contributed by atoms with Crippen LogP contribution in [-0.2, 0) is 11.2 Å². The van der Waals surface area contributed by atoms with Crippen LogP contribution in [-0.4, -0.2) is 19.3 Å². The molecule has 2 nitrogen and oxygen atoms in total. The molecule has 2 N–H and O–H groups in total. The van der Waals surface area contributed by atoms with Crippen LogP contribution in [0.15, 0.2) is 18.2 Å². The number of ether oxygens (including phenoxy) is 1. The summed E-state index contributed by atoms with van der Waals surface area (Å²) in [6.07, 6.45) is 3.27. The third-order valence-electron chi connectivity index (χ3n) is 3.77. The summed E-state index contributed by atoms with van der Waals surface area (Å²) in [5, 5.41) is 0. The third-order valence-corrected chi connectivity index (χ3v) is 3.77. The standard InChI is InChI=1S/C15H23NO/c1-11-4-3-5-12(2)15(11)9-14(16)8-13-6-7-17-10-13/h3-5,13-14H,6-10,16H2,1-2H3. The van der Waals surface area contributed by atoms with Crippen molar-refractivity contribution in [3.63, 3.8) is 0 Å². The lowest BCUT2D eigenvalue weighted by Crippen LogP contribution is -2.27. The molecule has 94 valence electrons. The normalized spacial score (nSPS) is 21.7. The van der Waals surface area contributed by atoms with E-state index in [1.807, 2.05) is 0 Å². The minimum atomic E-state index is 0.265. The number of rotatable bonds is 4. The summed E-state index contributed by atoms with van der Waals surface area (Å²) in [7, 11) is 0. The predicted molar refractivity (Wildman–Crippen MR) is 71.1 cm³/mol. The van der Waals surface area contributed by atoms with Gasteiger partial charge in [-0.15, -0.1) is 0 Å². The summed E-state index contributed by atoms with van der Waals surface area (Å²) in [6, 6.07) is 6.73. The molecule has 0 bridgehead atoms. The molecule has 2 atom stereocenters. The average molecular weight is 233 g/mol. The van der Waals surface area contributed by atoms with Crippen LogP contribution in [0.4, 0.5) is 0 Å². The zero-order valence-corrected chi connectivity index (χ0v) is 10.9. The number of nitrogens with two attached hydrogens (primary N) is 1. The summed E-state index contributed by atoms with van der Waals surface area (Å²) in [5.74, 6) is 0.675. The van der Waals surface area contributed by atoms with E-state index >= 15 is 0 Å². The first-order valence-corrected chi connectivity index (χ1v) is 6.55. The number of hydrogen-bond acceptors (Lipinski definition) is 2. The van der Waals surface area contributed by atoms with E-state index in [1.54, 1.807) is 0 Å². The van der Waals surface area contributed by atoms with Gasteiger partial charge in [-0.3, -0.25) is 0 Å². The summed E-state index contributed by atoms with van der Waals surface area (Å²) in [4.78, 5) is 0. The van der Waals surface area contributed by atoms with Gasteiger partial charge in [0.1, 0.15) is 0 Å². The van der Waals surface area contributed by atoms with Gasteiger partial charge >= 0.3 is 0 Å². The van der Waals surface area contributed by atoms with Crippen LogP contribution in [0.2, 0.25) is 0 Å². The van der Waals surface area contributed by atoms with Crippen molar-refractivity contribution in [2.45, 2.75) is 39.2 Å². The maximum Gasteiger partial charge on any atom is 0.0495 e. The zero-order chi connectivity index (χ0) is 12.3. The Morgan fingerprint density at radius 3 is 2.65 bits per heavy atom. The SMILES string of the molecule is Cc1cccc(C)c1CC(N)CC1CCOC1. The lowest BCUT2D eigenvalue weighted by atomic mass is 9.91. The van der Waals surface area contributed by atoms with E-state index < -0.39 is 0 Å². The molecular formula is C15H23NO. The second kappa shape index (κ2) is 5.65. The van der Waals surface area contributed by atoms with E-state index in [0.29, 0.717) is 5.92 Å². The first-order valence-electron chi connectivity index (χ1n) is 6.55. The van der Waals surface area contributed by atoms with Crippen LogP contribution in [0.1, 0.15) is 29.5 Å². The van der Waals surface area contributed by atoms with Crippen molar-refractivity contribution < 1.29 is 4.74 Å². The van der Waals surface area contributed by atoms with Crippen LogP contribution < -0.4 is 5.73 Å². The zero-order valence-electron chi connectivity index (χ0n) is 10.9. The van der Waals surface area contributed by atoms with Gasteiger partial charge in [-0.2, -0.15) is 0 Å². The van der Waals surface area contributed by atoms with Crippen LogP contribution >= 0.6 is 0 Å². The fraction of sp³-hybridized carbons (Fsp3) is 0.600. The van der Waals surface area contributed by atoms with E-state index in [2.05, 4.69) is 32.0 Å². The average Bonchev–Trinajstić information content (AvgIpc) is 2.76. The molecule has 1 aromatic carbocycles. The summed E-state index contributed by atoms with van der Waals surface area (Å²) >= 11 is 0. The fourth-order valence-electron chi connectivity index (χ4n) is 2.71. The van der Waals surface area contributed by atoms with Crippen molar-refractivity contribution in [3.8, 4) is 0 Å². The molecule has 0 amide bonds.